The number of carbonyl (C=O) groups excluding carboxylic acids is 2. The molecule has 1 N–H and O–H groups in total. The van der Waals surface area contributed by atoms with Crippen LogP contribution in [-0.4, -0.2) is 32.0 Å². The summed E-state index contributed by atoms with van der Waals surface area (Å²) in [7, 11) is 1.58. The lowest BCUT2D eigenvalue weighted by Crippen LogP contribution is -2.25. The zero-order chi connectivity index (χ0) is 19.2. The van der Waals surface area contributed by atoms with Crippen LogP contribution in [0, 0.1) is 0 Å². The number of anilines is 1. The van der Waals surface area contributed by atoms with E-state index in [0.29, 0.717) is 35.1 Å². The Morgan fingerprint density at radius 2 is 2.07 bits per heavy atom. The molecule has 0 spiro atoms. The molecule has 6 heteroatoms. The van der Waals surface area contributed by atoms with Gasteiger partial charge in [-0.25, -0.2) is 0 Å². The van der Waals surface area contributed by atoms with E-state index in [1.807, 2.05) is 25.1 Å². The Kier molecular flexibility index (Phi) is 5.76. The van der Waals surface area contributed by atoms with Crippen molar-refractivity contribution in [2.24, 2.45) is 0 Å². The summed E-state index contributed by atoms with van der Waals surface area (Å²) >= 11 is 0. The molecule has 140 valence electrons. The molecule has 2 aromatic carbocycles. The number of hydrogen-bond acceptors (Lipinski definition) is 5. The topological polar surface area (TPSA) is 73.9 Å². The van der Waals surface area contributed by atoms with Gasteiger partial charge in [-0.15, -0.1) is 0 Å². The predicted molar refractivity (Wildman–Crippen MR) is 103 cm³/mol. The van der Waals surface area contributed by atoms with Crippen LogP contribution in [0.25, 0.3) is 6.08 Å². The minimum absolute atomic E-state index is 0.0139. The number of methoxy groups -OCH3 is 1. The van der Waals surface area contributed by atoms with Crippen LogP contribution in [0.2, 0.25) is 0 Å². The third kappa shape index (κ3) is 4.47. The van der Waals surface area contributed by atoms with Crippen molar-refractivity contribution in [3.63, 3.8) is 0 Å². The Balaban J connectivity index is 1.75. The number of amides is 1. The maximum Gasteiger partial charge on any atom is 0.262 e. The Bertz CT molecular complexity index is 888. The highest BCUT2D eigenvalue weighted by Crippen LogP contribution is 2.30. The fraction of sp³-hybridized carbons (Fsp3) is 0.238. The quantitative estimate of drug-likeness (QED) is 0.596. The molecule has 1 aliphatic heterocycles. The number of rotatable bonds is 7. The third-order valence-corrected chi connectivity index (χ3v) is 3.97. The SMILES string of the molecule is CCCOc1ccc(C=CC(=O)c2ccc3c(c2)NC(=O)CO3)cc1OC. The van der Waals surface area contributed by atoms with E-state index in [4.69, 9.17) is 14.2 Å². The molecular formula is C21H21NO5. The maximum atomic E-state index is 12.5. The molecule has 0 saturated carbocycles. The summed E-state index contributed by atoms with van der Waals surface area (Å²) in [6, 6.07) is 10.5. The van der Waals surface area contributed by atoms with Crippen molar-refractivity contribution in [1.29, 1.82) is 0 Å². The van der Waals surface area contributed by atoms with Gasteiger partial charge < -0.3 is 19.5 Å². The van der Waals surface area contributed by atoms with Crippen LogP contribution < -0.4 is 19.5 Å². The molecule has 0 bridgehead atoms. The lowest BCUT2D eigenvalue weighted by atomic mass is 10.1. The van der Waals surface area contributed by atoms with Crippen LogP contribution in [0.4, 0.5) is 5.69 Å². The molecule has 1 aliphatic rings. The molecule has 0 atom stereocenters. The van der Waals surface area contributed by atoms with Gasteiger partial charge >= 0.3 is 0 Å². The number of fused-ring (bicyclic) bond motifs is 1. The molecule has 0 saturated heterocycles. The highest BCUT2D eigenvalue weighted by molar-refractivity contribution is 6.08. The predicted octanol–water partition coefficient (Wildman–Crippen LogP) is 3.71. The van der Waals surface area contributed by atoms with Crippen molar-refractivity contribution in [3.05, 3.63) is 53.6 Å². The molecule has 0 radical (unpaired) electrons. The van der Waals surface area contributed by atoms with E-state index >= 15 is 0 Å². The van der Waals surface area contributed by atoms with Crippen molar-refractivity contribution in [2.45, 2.75) is 13.3 Å². The second-order valence-corrected chi connectivity index (χ2v) is 6.00. The lowest BCUT2D eigenvalue weighted by Gasteiger charge is -2.17. The Hall–Kier alpha value is -3.28. The first-order valence-electron chi connectivity index (χ1n) is 8.70. The van der Waals surface area contributed by atoms with Gasteiger partial charge in [-0.05, 0) is 48.4 Å². The van der Waals surface area contributed by atoms with Crippen LogP contribution in [0.3, 0.4) is 0 Å². The van der Waals surface area contributed by atoms with E-state index in [2.05, 4.69) is 5.32 Å². The molecule has 0 fully saturated rings. The molecule has 0 aliphatic carbocycles. The number of ether oxygens (including phenoxy) is 3. The summed E-state index contributed by atoms with van der Waals surface area (Å²) in [4.78, 5) is 23.9. The normalized spacial score (nSPS) is 12.9. The van der Waals surface area contributed by atoms with Gasteiger partial charge in [0.1, 0.15) is 5.75 Å². The van der Waals surface area contributed by atoms with Gasteiger partial charge in [-0.3, -0.25) is 9.59 Å². The first kappa shape index (κ1) is 18.5. The highest BCUT2D eigenvalue weighted by atomic mass is 16.5. The van der Waals surface area contributed by atoms with E-state index in [0.717, 1.165) is 12.0 Å². The number of benzene rings is 2. The van der Waals surface area contributed by atoms with E-state index in [1.165, 1.54) is 6.08 Å². The molecule has 0 aromatic heterocycles. The molecular weight excluding hydrogens is 346 g/mol. The first-order valence-corrected chi connectivity index (χ1v) is 8.70. The van der Waals surface area contributed by atoms with Crippen molar-refractivity contribution in [3.8, 4) is 17.2 Å². The Labute approximate surface area is 157 Å². The summed E-state index contributed by atoms with van der Waals surface area (Å²) < 4.78 is 16.3. The van der Waals surface area contributed by atoms with Crippen LogP contribution in [0.15, 0.2) is 42.5 Å². The van der Waals surface area contributed by atoms with Gasteiger partial charge in [0.15, 0.2) is 23.9 Å². The maximum absolute atomic E-state index is 12.5. The Morgan fingerprint density at radius 3 is 2.85 bits per heavy atom. The van der Waals surface area contributed by atoms with Crippen molar-refractivity contribution in [1.82, 2.24) is 0 Å². The van der Waals surface area contributed by atoms with Crippen LogP contribution >= 0.6 is 0 Å². The molecule has 0 unspecified atom stereocenters. The molecule has 1 amide bonds. The summed E-state index contributed by atoms with van der Waals surface area (Å²) in [6.45, 7) is 2.63. The smallest absolute Gasteiger partial charge is 0.262 e. The first-order chi connectivity index (χ1) is 13.1. The second kappa shape index (κ2) is 8.40. The zero-order valence-corrected chi connectivity index (χ0v) is 15.3. The van der Waals surface area contributed by atoms with Gasteiger partial charge in [-0.1, -0.05) is 19.1 Å². The highest BCUT2D eigenvalue weighted by Gasteiger charge is 2.17. The minimum Gasteiger partial charge on any atom is -0.493 e. The summed E-state index contributed by atoms with van der Waals surface area (Å²) in [6.07, 6.45) is 4.10. The van der Waals surface area contributed by atoms with Crippen molar-refractivity contribution in [2.75, 3.05) is 25.6 Å². The standard InChI is InChI=1S/C21H21NO5/c1-3-10-26-19-8-5-14(11-20(19)25-2)4-7-17(23)15-6-9-18-16(12-15)22-21(24)13-27-18/h4-9,11-12H,3,10,13H2,1-2H3,(H,22,24). The molecule has 2 aromatic rings. The van der Waals surface area contributed by atoms with E-state index in [1.54, 1.807) is 31.4 Å². The van der Waals surface area contributed by atoms with Gasteiger partial charge in [0.05, 0.1) is 19.4 Å². The van der Waals surface area contributed by atoms with Crippen molar-refractivity contribution < 1.29 is 23.8 Å². The summed E-state index contributed by atoms with van der Waals surface area (Å²) in [5.41, 5.74) is 1.79. The lowest BCUT2D eigenvalue weighted by molar-refractivity contribution is -0.118. The number of hydrogen-bond donors (Lipinski definition) is 1. The second-order valence-electron chi connectivity index (χ2n) is 6.00. The van der Waals surface area contributed by atoms with Crippen LogP contribution in [0.5, 0.6) is 17.2 Å². The summed E-state index contributed by atoms with van der Waals surface area (Å²) in [5, 5.41) is 2.70. The average Bonchev–Trinajstić information content (AvgIpc) is 2.70. The fourth-order valence-corrected chi connectivity index (χ4v) is 2.62. The number of carbonyl (C=O) groups is 2. The van der Waals surface area contributed by atoms with E-state index in [-0.39, 0.29) is 18.3 Å². The number of allylic oxidation sites excluding steroid dienone is 1. The fourth-order valence-electron chi connectivity index (χ4n) is 2.62. The Morgan fingerprint density at radius 1 is 1.22 bits per heavy atom. The number of ketones is 1. The van der Waals surface area contributed by atoms with Gasteiger partial charge in [0, 0.05) is 5.56 Å². The van der Waals surface area contributed by atoms with Gasteiger partial charge in [-0.2, -0.15) is 0 Å². The van der Waals surface area contributed by atoms with Crippen LogP contribution in [-0.2, 0) is 4.79 Å². The van der Waals surface area contributed by atoms with E-state index in [9.17, 15) is 9.59 Å². The molecule has 6 nitrogen and oxygen atoms in total. The van der Waals surface area contributed by atoms with Crippen LogP contribution in [0.1, 0.15) is 29.3 Å². The third-order valence-electron chi connectivity index (χ3n) is 3.97. The number of nitrogens with one attached hydrogen (secondary N) is 1. The average molecular weight is 367 g/mol. The van der Waals surface area contributed by atoms with E-state index < -0.39 is 0 Å². The molecule has 27 heavy (non-hydrogen) atoms. The summed E-state index contributed by atoms with van der Waals surface area (Å²) in [5.74, 6) is 1.44. The largest absolute Gasteiger partial charge is 0.493 e. The molecule has 1 heterocycles. The molecule has 3 rings (SSSR count). The van der Waals surface area contributed by atoms with Gasteiger partial charge in [0.2, 0.25) is 0 Å². The van der Waals surface area contributed by atoms with Gasteiger partial charge in [0.25, 0.3) is 5.91 Å². The van der Waals surface area contributed by atoms with Crippen molar-refractivity contribution >= 4 is 23.5 Å². The monoisotopic (exact) mass is 367 g/mol. The zero-order valence-electron chi connectivity index (χ0n) is 15.3. The minimum atomic E-state index is -0.236.